The molecular formula is C20H19N3O4S2. The van der Waals surface area contributed by atoms with Gasteiger partial charge in [0.05, 0.1) is 6.54 Å². The molecule has 2 amide bonds. The van der Waals surface area contributed by atoms with E-state index < -0.39 is 15.9 Å². The van der Waals surface area contributed by atoms with Crippen LogP contribution < -0.4 is 15.4 Å². The molecule has 0 aliphatic rings. The highest BCUT2D eigenvalue weighted by Crippen LogP contribution is 2.20. The van der Waals surface area contributed by atoms with Crippen LogP contribution >= 0.6 is 11.3 Å². The highest BCUT2D eigenvalue weighted by molar-refractivity contribution is 7.94. The Morgan fingerprint density at radius 3 is 2.24 bits per heavy atom. The molecule has 3 N–H and O–H groups in total. The van der Waals surface area contributed by atoms with Gasteiger partial charge in [-0.1, -0.05) is 36.4 Å². The number of carbonyl (C=O) groups excluding carboxylic acids is 2. The van der Waals surface area contributed by atoms with E-state index in [2.05, 4.69) is 15.4 Å². The molecule has 3 rings (SSSR count). The monoisotopic (exact) mass is 429 g/mol. The first kappa shape index (κ1) is 20.6. The Balaban J connectivity index is 1.49. The van der Waals surface area contributed by atoms with Crippen molar-refractivity contribution in [1.29, 1.82) is 0 Å². The van der Waals surface area contributed by atoms with Gasteiger partial charge in [0.1, 0.15) is 4.21 Å². The lowest BCUT2D eigenvalue weighted by atomic mass is 10.2. The molecule has 150 valence electrons. The Labute approximate surface area is 172 Å². The predicted octanol–water partition coefficient (Wildman–Crippen LogP) is 2.60. The van der Waals surface area contributed by atoms with Gasteiger partial charge in [-0.3, -0.25) is 14.3 Å². The topological polar surface area (TPSA) is 104 Å². The lowest BCUT2D eigenvalue weighted by Crippen LogP contribution is -2.36. The van der Waals surface area contributed by atoms with Crippen molar-refractivity contribution in [3.8, 4) is 0 Å². The van der Waals surface area contributed by atoms with E-state index in [1.165, 1.54) is 30.3 Å². The van der Waals surface area contributed by atoms with E-state index >= 15 is 0 Å². The first-order valence-electron chi connectivity index (χ1n) is 8.69. The minimum Gasteiger partial charge on any atom is -0.350 e. The average Bonchev–Trinajstić information content (AvgIpc) is 3.27. The van der Waals surface area contributed by atoms with Crippen molar-refractivity contribution in [2.24, 2.45) is 0 Å². The van der Waals surface area contributed by atoms with Gasteiger partial charge in [0, 0.05) is 17.8 Å². The van der Waals surface area contributed by atoms with Gasteiger partial charge in [0.2, 0.25) is 5.91 Å². The maximum atomic E-state index is 12.2. The summed E-state index contributed by atoms with van der Waals surface area (Å²) in [6.45, 7) is 0.229. The van der Waals surface area contributed by atoms with Gasteiger partial charge < -0.3 is 10.6 Å². The van der Waals surface area contributed by atoms with Crippen LogP contribution in [0.5, 0.6) is 0 Å². The largest absolute Gasteiger partial charge is 0.350 e. The molecule has 0 unspecified atom stereocenters. The Bertz CT molecular complexity index is 1060. The molecular weight excluding hydrogens is 410 g/mol. The Hall–Kier alpha value is -3.17. The summed E-state index contributed by atoms with van der Waals surface area (Å²) in [5.41, 5.74) is 1.63. The van der Waals surface area contributed by atoms with Crippen LogP contribution in [0.2, 0.25) is 0 Å². The third-order valence-electron chi connectivity index (χ3n) is 3.90. The molecule has 9 heteroatoms. The molecule has 29 heavy (non-hydrogen) atoms. The van der Waals surface area contributed by atoms with Crippen molar-refractivity contribution in [1.82, 2.24) is 10.6 Å². The highest BCUT2D eigenvalue weighted by atomic mass is 32.2. The van der Waals surface area contributed by atoms with Gasteiger partial charge in [-0.25, -0.2) is 8.42 Å². The SMILES string of the molecule is O=C(CNC(=O)c1ccc(NS(=O)(=O)c2cccs2)cc1)NCc1ccccc1. The van der Waals surface area contributed by atoms with E-state index in [-0.39, 0.29) is 16.7 Å². The van der Waals surface area contributed by atoms with E-state index in [9.17, 15) is 18.0 Å². The summed E-state index contributed by atoms with van der Waals surface area (Å²) in [6.07, 6.45) is 0. The Morgan fingerprint density at radius 2 is 1.59 bits per heavy atom. The zero-order valence-electron chi connectivity index (χ0n) is 15.3. The van der Waals surface area contributed by atoms with Gasteiger partial charge in [-0.2, -0.15) is 0 Å². The van der Waals surface area contributed by atoms with Crippen LogP contribution in [0.1, 0.15) is 15.9 Å². The molecule has 0 atom stereocenters. The van der Waals surface area contributed by atoms with E-state index in [0.29, 0.717) is 17.8 Å². The highest BCUT2D eigenvalue weighted by Gasteiger charge is 2.15. The predicted molar refractivity (Wildman–Crippen MR) is 112 cm³/mol. The molecule has 1 aromatic heterocycles. The fourth-order valence-electron chi connectivity index (χ4n) is 2.43. The van der Waals surface area contributed by atoms with Crippen molar-refractivity contribution in [2.45, 2.75) is 10.8 Å². The zero-order valence-corrected chi connectivity index (χ0v) is 16.9. The van der Waals surface area contributed by atoms with Crippen LogP contribution in [0, 0.1) is 0 Å². The smallest absolute Gasteiger partial charge is 0.271 e. The summed E-state index contributed by atoms with van der Waals surface area (Å²) in [4.78, 5) is 24.1. The fraction of sp³-hybridized carbons (Fsp3) is 0.100. The van der Waals surface area contributed by atoms with Crippen LogP contribution in [-0.4, -0.2) is 26.8 Å². The van der Waals surface area contributed by atoms with E-state index in [4.69, 9.17) is 0 Å². The third kappa shape index (κ3) is 5.90. The number of rotatable bonds is 8. The molecule has 0 bridgehead atoms. The molecule has 0 saturated heterocycles. The summed E-state index contributed by atoms with van der Waals surface area (Å²) in [5, 5.41) is 6.94. The molecule has 0 aliphatic heterocycles. The quantitative estimate of drug-likeness (QED) is 0.512. The summed E-state index contributed by atoms with van der Waals surface area (Å²) in [5.74, 6) is -0.727. The van der Waals surface area contributed by atoms with Crippen molar-refractivity contribution in [3.63, 3.8) is 0 Å². The number of hydrogen-bond donors (Lipinski definition) is 3. The Morgan fingerprint density at radius 1 is 0.862 bits per heavy atom. The standard InChI is InChI=1S/C20H19N3O4S2/c24-18(21-13-15-5-2-1-3-6-15)14-22-20(25)16-8-10-17(11-9-16)23-29(26,27)19-7-4-12-28-19/h1-12,23H,13-14H2,(H,21,24)(H,22,25). The van der Waals surface area contributed by atoms with Gasteiger partial charge >= 0.3 is 0 Å². The van der Waals surface area contributed by atoms with Crippen molar-refractivity contribution >= 4 is 38.9 Å². The number of nitrogens with one attached hydrogen (secondary N) is 3. The minimum atomic E-state index is -3.64. The molecule has 0 radical (unpaired) electrons. The average molecular weight is 430 g/mol. The molecule has 0 aliphatic carbocycles. The molecule has 7 nitrogen and oxygen atoms in total. The van der Waals surface area contributed by atoms with Crippen LogP contribution in [0.25, 0.3) is 0 Å². The number of sulfonamides is 1. The molecule has 0 spiro atoms. The van der Waals surface area contributed by atoms with Crippen molar-refractivity contribution < 1.29 is 18.0 Å². The molecule has 3 aromatic rings. The lowest BCUT2D eigenvalue weighted by Gasteiger charge is -2.09. The van der Waals surface area contributed by atoms with E-state index in [1.54, 1.807) is 11.4 Å². The normalized spacial score (nSPS) is 10.9. The summed E-state index contributed by atoms with van der Waals surface area (Å²) < 4.78 is 27.1. The maximum absolute atomic E-state index is 12.2. The Kier molecular flexibility index (Phi) is 6.63. The number of amides is 2. The molecule has 0 saturated carbocycles. The van der Waals surface area contributed by atoms with Crippen molar-refractivity contribution in [2.75, 3.05) is 11.3 Å². The second-order valence-corrected chi connectivity index (χ2v) is 8.92. The van der Waals surface area contributed by atoms with Gasteiger partial charge in [-0.05, 0) is 41.3 Å². The van der Waals surface area contributed by atoms with Crippen LogP contribution in [0.4, 0.5) is 5.69 Å². The first-order valence-corrected chi connectivity index (χ1v) is 11.1. The number of benzene rings is 2. The van der Waals surface area contributed by atoms with E-state index in [1.807, 2.05) is 30.3 Å². The van der Waals surface area contributed by atoms with Crippen LogP contribution in [0.15, 0.2) is 76.3 Å². The van der Waals surface area contributed by atoms with Gasteiger partial charge in [-0.15, -0.1) is 11.3 Å². The third-order valence-corrected chi connectivity index (χ3v) is 6.68. The number of carbonyl (C=O) groups is 2. The lowest BCUT2D eigenvalue weighted by molar-refractivity contribution is -0.120. The second kappa shape index (κ2) is 9.35. The fourth-order valence-corrected chi connectivity index (χ4v) is 4.48. The van der Waals surface area contributed by atoms with Crippen LogP contribution in [0.3, 0.4) is 0 Å². The summed E-state index contributed by atoms with van der Waals surface area (Å²) in [6, 6.07) is 18.6. The van der Waals surface area contributed by atoms with Crippen LogP contribution in [-0.2, 0) is 21.4 Å². The molecule has 0 fully saturated rings. The van der Waals surface area contributed by atoms with E-state index in [0.717, 1.165) is 16.9 Å². The summed E-state index contributed by atoms with van der Waals surface area (Å²) >= 11 is 1.12. The number of thiophene rings is 1. The number of hydrogen-bond acceptors (Lipinski definition) is 5. The minimum absolute atomic E-state index is 0.154. The number of anilines is 1. The maximum Gasteiger partial charge on any atom is 0.271 e. The van der Waals surface area contributed by atoms with Crippen molar-refractivity contribution in [3.05, 3.63) is 83.2 Å². The second-order valence-electron chi connectivity index (χ2n) is 6.06. The van der Waals surface area contributed by atoms with Gasteiger partial charge in [0.25, 0.3) is 15.9 Å². The summed E-state index contributed by atoms with van der Waals surface area (Å²) in [7, 11) is -3.64. The zero-order chi connectivity index (χ0) is 20.7. The molecule has 1 heterocycles. The van der Waals surface area contributed by atoms with Gasteiger partial charge in [0.15, 0.2) is 0 Å². The first-order chi connectivity index (χ1) is 13.9. The molecule has 2 aromatic carbocycles.